The van der Waals surface area contributed by atoms with Crippen molar-refractivity contribution in [3.8, 4) is 11.4 Å². The predicted molar refractivity (Wildman–Crippen MR) is 120 cm³/mol. The number of hydrogen-bond acceptors (Lipinski definition) is 5. The molecule has 3 aromatic rings. The van der Waals surface area contributed by atoms with Crippen molar-refractivity contribution in [2.45, 2.75) is 39.8 Å². The highest BCUT2D eigenvalue weighted by Gasteiger charge is 2.28. The van der Waals surface area contributed by atoms with E-state index in [1.54, 1.807) is 4.90 Å². The van der Waals surface area contributed by atoms with Crippen molar-refractivity contribution in [2.24, 2.45) is 5.92 Å². The van der Waals surface area contributed by atoms with Crippen LogP contribution in [0.15, 0.2) is 53.1 Å². The monoisotopic (exact) mass is 418 g/mol. The Morgan fingerprint density at radius 2 is 1.81 bits per heavy atom. The minimum atomic E-state index is 0.0537. The van der Waals surface area contributed by atoms with Gasteiger partial charge in [-0.2, -0.15) is 4.98 Å². The molecule has 1 amide bonds. The summed E-state index contributed by atoms with van der Waals surface area (Å²) in [6.45, 7) is 7.29. The van der Waals surface area contributed by atoms with Gasteiger partial charge in [0.25, 0.3) is 0 Å². The Morgan fingerprint density at radius 3 is 2.52 bits per heavy atom. The molecule has 0 atom stereocenters. The lowest BCUT2D eigenvalue weighted by Crippen LogP contribution is -2.40. The summed E-state index contributed by atoms with van der Waals surface area (Å²) in [5, 5.41) is 4.10. The molecule has 0 N–H and O–H groups in total. The van der Waals surface area contributed by atoms with Gasteiger partial charge in [0.05, 0.1) is 6.54 Å². The predicted octanol–water partition coefficient (Wildman–Crippen LogP) is 4.22. The molecule has 1 fully saturated rings. The van der Waals surface area contributed by atoms with Crippen molar-refractivity contribution in [2.75, 3.05) is 20.1 Å². The highest BCUT2D eigenvalue weighted by Crippen LogP contribution is 2.23. The van der Waals surface area contributed by atoms with Gasteiger partial charge in [-0.05, 0) is 50.9 Å². The molecule has 2 heterocycles. The number of piperidine rings is 1. The summed E-state index contributed by atoms with van der Waals surface area (Å²) < 4.78 is 5.41. The van der Waals surface area contributed by atoms with Crippen molar-refractivity contribution in [1.29, 1.82) is 0 Å². The number of rotatable bonds is 6. The van der Waals surface area contributed by atoms with E-state index in [1.165, 1.54) is 11.1 Å². The average Bonchev–Trinajstić information content (AvgIpc) is 3.24. The second kappa shape index (κ2) is 9.43. The van der Waals surface area contributed by atoms with E-state index in [2.05, 4.69) is 46.2 Å². The molecule has 0 unspecified atom stereocenters. The number of carbonyl (C=O) groups excluding carboxylic acids is 1. The number of likely N-dealkylation sites (tertiary alicyclic amines) is 1. The molecule has 6 heteroatoms. The average molecular weight is 419 g/mol. The lowest BCUT2D eigenvalue weighted by atomic mass is 9.95. The molecular formula is C25H30N4O2. The molecule has 162 valence electrons. The van der Waals surface area contributed by atoms with Crippen LogP contribution in [0.1, 0.15) is 35.4 Å². The Morgan fingerprint density at radius 1 is 1.10 bits per heavy atom. The van der Waals surface area contributed by atoms with E-state index < -0.39 is 0 Å². The lowest BCUT2D eigenvalue weighted by molar-refractivity contribution is -0.136. The van der Waals surface area contributed by atoms with E-state index in [0.29, 0.717) is 18.3 Å². The summed E-state index contributed by atoms with van der Waals surface area (Å²) >= 11 is 0. The first-order chi connectivity index (χ1) is 15.0. The number of aryl methyl sites for hydroxylation is 2. The Balaban J connectivity index is 1.29. The fourth-order valence-electron chi connectivity index (χ4n) is 4.13. The maximum Gasteiger partial charge on any atom is 0.246 e. The molecule has 0 aliphatic carbocycles. The second-order valence-electron chi connectivity index (χ2n) is 8.56. The van der Waals surface area contributed by atoms with Crippen LogP contribution in [0.3, 0.4) is 0 Å². The summed E-state index contributed by atoms with van der Waals surface area (Å²) in [5.41, 5.74) is 4.65. The summed E-state index contributed by atoms with van der Waals surface area (Å²) in [5.74, 6) is 1.24. The zero-order valence-corrected chi connectivity index (χ0v) is 18.5. The van der Waals surface area contributed by atoms with Crippen LogP contribution in [0, 0.1) is 19.8 Å². The minimum Gasteiger partial charge on any atom is -0.337 e. The van der Waals surface area contributed by atoms with Gasteiger partial charge in [0.1, 0.15) is 0 Å². The van der Waals surface area contributed by atoms with Crippen LogP contribution in [0.25, 0.3) is 11.4 Å². The normalized spacial score (nSPS) is 15.2. The molecule has 0 spiro atoms. The Hall–Kier alpha value is -2.99. The van der Waals surface area contributed by atoms with Gasteiger partial charge in [-0.3, -0.25) is 9.69 Å². The Bertz CT molecular complexity index is 1020. The van der Waals surface area contributed by atoms with Gasteiger partial charge in [-0.25, -0.2) is 0 Å². The van der Waals surface area contributed by atoms with Gasteiger partial charge in [-0.1, -0.05) is 59.3 Å². The second-order valence-corrected chi connectivity index (χ2v) is 8.56. The fourth-order valence-corrected chi connectivity index (χ4v) is 4.13. The molecular weight excluding hydrogens is 388 g/mol. The number of nitrogens with zero attached hydrogens (tertiary/aromatic N) is 4. The Kier molecular flexibility index (Phi) is 6.47. The zero-order valence-electron chi connectivity index (χ0n) is 18.5. The molecule has 0 saturated carbocycles. The van der Waals surface area contributed by atoms with E-state index >= 15 is 0 Å². The third-order valence-electron chi connectivity index (χ3n) is 6.07. The molecule has 1 aliphatic heterocycles. The maximum absolute atomic E-state index is 13.0. The smallest absolute Gasteiger partial charge is 0.246 e. The number of aromatic nitrogens is 2. The summed E-state index contributed by atoms with van der Waals surface area (Å²) in [4.78, 5) is 21.6. The van der Waals surface area contributed by atoms with E-state index in [9.17, 15) is 4.79 Å². The molecule has 2 aromatic carbocycles. The molecule has 0 bridgehead atoms. The van der Waals surface area contributed by atoms with Gasteiger partial charge in [0, 0.05) is 25.1 Å². The quantitative estimate of drug-likeness (QED) is 0.600. The van der Waals surface area contributed by atoms with Gasteiger partial charge in [-0.15, -0.1) is 0 Å². The SMILES string of the molecule is Cc1ccc(CN2CCC(C(=O)N(C)Cc3nc(-c4ccccc4C)no3)CC2)cc1. The zero-order chi connectivity index (χ0) is 21.8. The van der Waals surface area contributed by atoms with Crippen molar-refractivity contribution >= 4 is 5.91 Å². The third-order valence-corrected chi connectivity index (χ3v) is 6.07. The molecule has 1 aliphatic rings. The van der Waals surface area contributed by atoms with E-state index in [1.807, 2.05) is 38.2 Å². The molecule has 6 nitrogen and oxygen atoms in total. The van der Waals surface area contributed by atoms with Crippen LogP contribution in [0.5, 0.6) is 0 Å². The third kappa shape index (κ3) is 5.20. The minimum absolute atomic E-state index is 0.0537. The topological polar surface area (TPSA) is 62.5 Å². The first-order valence-corrected chi connectivity index (χ1v) is 10.9. The van der Waals surface area contributed by atoms with Crippen LogP contribution < -0.4 is 0 Å². The van der Waals surface area contributed by atoms with Crippen LogP contribution in [0.2, 0.25) is 0 Å². The number of hydrogen-bond donors (Lipinski definition) is 0. The van der Waals surface area contributed by atoms with Crippen molar-refractivity contribution in [1.82, 2.24) is 19.9 Å². The van der Waals surface area contributed by atoms with Crippen molar-refractivity contribution in [3.63, 3.8) is 0 Å². The molecule has 31 heavy (non-hydrogen) atoms. The molecule has 0 radical (unpaired) electrons. The van der Waals surface area contributed by atoms with Crippen LogP contribution >= 0.6 is 0 Å². The standard InChI is InChI=1S/C25H30N4O2/c1-18-8-10-20(11-9-18)16-29-14-12-21(13-15-29)25(30)28(3)17-23-26-24(27-31-23)22-7-5-4-6-19(22)2/h4-11,21H,12-17H2,1-3H3. The highest BCUT2D eigenvalue weighted by molar-refractivity contribution is 5.78. The first kappa shape index (κ1) is 21.2. The van der Waals surface area contributed by atoms with Crippen LogP contribution in [0.4, 0.5) is 0 Å². The van der Waals surface area contributed by atoms with E-state index in [0.717, 1.165) is 43.6 Å². The van der Waals surface area contributed by atoms with Crippen molar-refractivity contribution < 1.29 is 9.32 Å². The van der Waals surface area contributed by atoms with Crippen LogP contribution in [-0.4, -0.2) is 46.0 Å². The lowest BCUT2D eigenvalue weighted by Gasteiger charge is -2.33. The maximum atomic E-state index is 13.0. The summed E-state index contributed by atoms with van der Waals surface area (Å²) in [7, 11) is 1.82. The van der Waals surface area contributed by atoms with E-state index in [-0.39, 0.29) is 11.8 Å². The first-order valence-electron chi connectivity index (χ1n) is 10.9. The largest absolute Gasteiger partial charge is 0.337 e. The highest BCUT2D eigenvalue weighted by atomic mass is 16.5. The molecule has 1 saturated heterocycles. The summed E-state index contributed by atoms with van der Waals surface area (Å²) in [6.07, 6.45) is 1.76. The van der Waals surface area contributed by atoms with Crippen molar-refractivity contribution in [3.05, 3.63) is 71.1 Å². The van der Waals surface area contributed by atoms with Crippen LogP contribution in [-0.2, 0) is 17.9 Å². The van der Waals surface area contributed by atoms with Gasteiger partial charge >= 0.3 is 0 Å². The number of amides is 1. The van der Waals surface area contributed by atoms with Gasteiger partial charge in [0.2, 0.25) is 17.6 Å². The van der Waals surface area contributed by atoms with E-state index in [4.69, 9.17) is 4.52 Å². The van der Waals surface area contributed by atoms with Gasteiger partial charge in [0.15, 0.2) is 0 Å². The fraction of sp³-hybridized carbons (Fsp3) is 0.400. The number of benzene rings is 2. The van der Waals surface area contributed by atoms with Gasteiger partial charge < -0.3 is 9.42 Å². The number of carbonyl (C=O) groups is 1. The Labute approximate surface area is 183 Å². The molecule has 4 rings (SSSR count). The summed E-state index contributed by atoms with van der Waals surface area (Å²) in [6, 6.07) is 16.6. The molecule has 1 aromatic heterocycles.